The minimum Gasteiger partial charge on any atom is -0.480 e. The molecular weight excluding hydrogens is 308 g/mol. The van der Waals surface area contributed by atoms with Crippen LogP contribution in [0, 0.1) is 0 Å². The Balaban J connectivity index is 2.13. The third kappa shape index (κ3) is 4.55. The molecule has 1 atom stereocenters. The van der Waals surface area contributed by atoms with Gasteiger partial charge in [-0.25, -0.2) is 4.98 Å². The lowest BCUT2D eigenvalue weighted by Gasteiger charge is -2.26. The number of ether oxygens (including phenoxy) is 1. The summed E-state index contributed by atoms with van der Waals surface area (Å²) in [6, 6.07) is 12.2. The molecule has 2 rings (SSSR count). The fourth-order valence-electron chi connectivity index (χ4n) is 2.14. The van der Waals surface area contributed by atoms with Crippen LogP contribution in [0.1, 0.15) is 30.6 Å². The normalized spacial score (nSPS) is 11.6. The first-order valence-corrected chi connectivity index (χ1v) is 7.73. The number of aliphatic carboxylic acids is 1. The van der Waals surface area contributed by atoms with Crippen LogP contribution in [0.2, 0.25) is 0 Å². The Morgan fingerprint density at radius 2 is 1.92 bits per heavy atom. The highest BCUT2D eigenvalue weighted by Crippen LogP contribution is 2.19. The summed E-state index contributed by atoms with van der Waals surface area (Å²) >= 11 is 0. The van der Waals surface area contributed by atoms with Crippen LogP contribution in [0.15, 0.2) is 48.7 Å². The number of benzene rings is 1. The lowest BCUT2D eigenvalue weighted by molar-refractivity contribution is -0.138. The van der Waals surface area contributed by atoms with Crippen molar-refractivity contribution < 1.29 is 19.4 Å². The molecule has 0 saturated carbocycles. The maximum atomic E-state index is 12.5. The summed E-state index contributed by atoms with van der Waals surface area (Å²) < 4.78 is 5.58. The second-order valence-corrected chi connectivity index (χ2v) is 5.38. The summed E-state index contributed by atoms with van der Waals surface area (Å²) in [7, 11) is 0. The maximum Gasteiger partial charge on any atom is 0.323 e. The smallest absolute Gasteiger partial charge is 0.323 e. The molecule has 2 aromatic rings. The molecule has 0 aliphatic heterocycles. The molecule has 1 aromatic heterocycles. The largest absolute Gasteiger partial charge is 0.480 e. The van der Waals surface area contributed by atoms with E-state index in [-0.39, 0.29) is 18.5 Å². The van der Waals surface area contributed by atoms with Crippen molar-refractivity contribution in [2.24, 2.45) is 0 Å². The van der Waals surface area contributed by atoms with Gasteiger partial charge in [0.1, 0.15) is 12.3 Å². The van der Waals surface area contributed by atoms with Crippen molar-refractivity contribution >= 4 is 11.9 Å². The molecule has 0 bridgehead atoms. The van der Waals surface area contributed by atoms with Crippen molar-refractivity contribution in [3.63, 3.8) is 0 Å². The summed E-state index contributed by atoms with van der Waals surface area (Å²) in [6.07, 6.45) is 2.07. The number of amides is 1. The molecule has 1 heterocycles. The highest BCUT2D eigenvalue weighted by atomic mass is 16.5. The Labute approximate surface area is 140 Å². The van der Waals surface area contributed by atoms with E-state index >= 15 is 0 Å². The molecule has 6 heteroatoms. The standard InChI is InChI=1S/C18H20N2O4/c1-3-13(2)20(12-17(21)22)18(23)14-9-10-16(19-11-14)24-15-7-5-4-6-8-15/h4-11,13H,3,12H2,1-2H3,(H,21,22). The lowest BCUT2D eigenvalue weighted by Crippen LogP contribution is -2.41. The van der Waals surface area contributed by atoms with Gasteiger partial charge in [0.05, 0.1) is 5.56 Å². The zero-order chi connectivity index (χ0) is 17.5. The Bertz CT molecular complexity index is 686. The summed E-state index contributed by atoms with van der Waals surface area (Å²) in [6.45, 7) is 3.39. The van der Waals surface area contributed by atoms with Gasteiger partial charge in [-0.2, -0.15) is 0 Å². The average Bonchev–Trinajstić information content (AvgIpc) is 2.60. The van der Waals surface area contributed by atoms with E-state index in [2.05, 4.69) is 4.98 Å². The van der Waals surface area contributed by atoms with E-state index in [1.165, 1.54) is 11.1 Å². The van der Waals surface area contributed by atoms with Crippen LogP contribution >= 0.6 is 0 Å². The Morgan fingerprint density at radius 1 is 1.21 bits per heavy atom. The molecule has 0 saturated heterocycles. The third-order valence-electron chi connectivity index (χ3n) is 3.64. The second kappa shape index (κ2) is 8.10. The first-order valence-electron chi connectivity index (χ1n) is 7.73. The van der Waals surface area contributed by atoms with Gasteiger partial charge in [-0.3, -0.25) is 9.59 Å². The Kier molecular flexibility index (Phi) is 5.89. The predicted octanol–water partition coefficient (Wildman–Crippen LogP) is 3.20. The summed E-state index contributed by atoms with van der Waals surface area (Å²) in [5.74, 6) is -0.381. The molecule has 0 aliphatic rings. The van der Waals surface area contributed by atoms with E-state index in [9.17, 15) is 9.59 Å². The molecule has 0 aliphatic carbocycles. The molecule has 24 heavy (non-hydrogen) atoms. The first-order chi connectivity index (χ1) is 11.5. The molecule has 0 radical (unpaired) electrons. The number of carboxylic acid groups (broad SMARTS) is 1. The lowest BCUT2D eigenvalue weighted by atomic mass is 10.1. The molecule has 6 nitrogen and oxygen atoms in total. The highest BCUT2D eigenvalue weighted by molar-refractivity contribution is 5.95. The molecule has 1 N–H and O–H groups in total. The van der Waals surface area contributed by atoms with Crippen molar-refractivity contribution in [1.82, 2.24) is 9.88 Å². The van der Waals surface area contributed by atoms with Gasteiger partial charge in [-0.15, -0.1) is 0 Å². The first kappa shape index (κ1) is 17.5. The van der Waals surface area contributed by atoms with Gasteiger partial charge in [0.15, 0.2) is 0 Å². The number of rotatable bonds is 7. The van der Waals surface area contributed by atoms with Crippen molar-refractivity contribution in [2.45, 2.75) is 26.3 Å². The molecular formula is C18H20N2O4. The molecule has 1 unspecified atom stereocenters. The molecule has 1 amide bonds. The number of hydrogen-bond donors (Lipinski definition) is 1. The van der Waals surface area contributed by atoms with Crippen LogP contribution in [0.25, 0.3) is 0 Å². The van der Waals surface area contributed by atoms with Crippen LogP contribution < -0.4 is 4.74 Å². The van der Waals surface area contributed by atoms with Crippen LogP contribution in [0.5, 0.6) is 11.6 Å². The molecule has 126 valence electrons. The van der Waals surface area contributed by atoms with Gasteiger partial charge in [0.2, 0.25) is 5.88 Å². The summed E-state index contributed by atoms with van der Waals surface area (Å²) in [5, 5.41) is 9.00. The number of nitrogens with zero attached hydrogens (tertiary/aromatic N) is 2. The van der Waals surface area contributed by atoms with Gasteiger partial charge >= 0.3 is 5.97 Å². The van der Waals surface area contributed by atoms with Gasteiger partial charge in [-0.1, -0.05) is 25.1 Å². The second-order valence-electron chi connectivity index (χ2n) is 5.38. The fraction of sp³-hybridized carbons (Fsp3) is 0.278. The quantitative estimate of drug-likeness (QED) is 0.844. The third-order valence-corrected chi connectivity index (χ3v) is 3.64. The van der Waals surface area contributed by atoms with Gasteiger partial charge in [0.25, 0.3) is 5.91 Å². The van der Waals surface area contributed by atoms with E-state index < -0.39 is 5.97 Å². The Morgan fingerprint density at radius 3 is 2.46 bits per heavy atom. The maximum absolute atomic E-state index is 12.5. The topological polar surface area (TPSA) is 79.7 Å². The fourth-order valence-corrected chi connectivity index (χ4v) is 2.14. The number of hydrogen-bond acceptors (Lipinski definition) is 4. The number of carboxylic acids is 1. The Hall–Kier alpha value is -2.89. The molecule has 0 fully saturated rings. The predicted molar refractivity (Wildman–Crippen MR) is 89.2 cm³/mol. The minimum absolute atomic E-state index is 0.172. The zero-order valence-corrected chi connectivity index (χ0v) is 13.7. The van der Waals surface area contributed by atoms with E-state index in [1.807, 2.05) is 32.0 Å². The average molecular weight is 328 g/mol. The summed E-state index contributed by atoms with van der Waals surface area (Å²) in [5.41, 5.74) is 0.331. The van der Waals surface area contributed by atoms with Crippen molar-refractivity contribution in [2.75, 3.05) is 6.54 Å². The van der Waals surface area contributed by atoms with Gasteiger partial charge in [0, 0.05) is 18.3 Å². The van der Waals surface area contributed by atoms with E-state index in [4.69, 9.17) is 9.84 Å². The SMILES string of the molecule is CCC(C)N(CC(=O)O)C(=O)c1ccc(Oc2ccccc2)nc1. The van der Waals surface area contributed by atoms with E-state index in [1.54, 1.807) is 24.3 Å². The van der Waals surface area contributed by atoms with Crippen LogP contribution in [-0.4, -0.2) is 39.5 Å². The van der Waals surface area contributed by atoms with Gasteiger partial charge < -0.3 is 14.7 Å². The number of pyridine rings is 1. The molecule has 0 spiro atoms. The minimum atomic E-state index is -1.04. The number of para-hydroxylation sites is 1. The number of carbonyl (C=O) groups is 2. The monoisotopic (exact) mass is 328 g/mol. The molecule has 1 aromatic carbocycles. The van der Waals surface area contributed by atoms with Crippen molar-refractivity contribution in [3.8, 4) is 11.6 Å². The highest BCUT2D eigenvalue weighted by Gasteiger charge is 2.23. The zero-order valence-electron chi connectivity index (χ0n) is 13.7. The van der Waals surface area contributed by atoms with Crippen LogP contribution in [0.3, 0.4) is 0 Å². The van der Waals surface area contributed by atoms with E-state index in [0.717, 1.165) is 0 Å². The number of carbonyl (C=O) groups excluding carboxylic acids is 1. The van der Waals surface area contributed by atoms with Gasteiger partial charge in [-0.05, 0) is 31.5 Å². The summed E-state index contributed by atoms with van der Waals surface area (Å²) in [4.78, 5) is 29.0. The van der Waals surface area contributed by atoms with Crippen molar-refractivity contribution in [3.05, 3.63) is 54.2 Å². The van der Waals surface area contributed by atoms with Crippen LogP contribution in [-0.2, 0) is 4.79 Å². The van der Waals surface area contributed by atoms with Crippen LogP contribution in [0.4, 0.5) is 0 Å². The number of aromatic nitrogens is 1. The van der Waals surface area contributed by atoms with E-state index in [0.29, 0.717) is 23.6 Å². The van der Waals surface area contributed by atoms with Crippen molar-refractivity contribution in [1.29, 1.82) is 0 Å².